The number of likely N-dealkylation sites (N-methyl/N-ethyl adjacent to an activating group) is 2. The van der Waals surface area contributed by atoms with Gasteiger partial charge in [-0.05, 0) is 41.8 Å². The third-order valence-corrected chi connectivity index (χ3v) is 3.62. The molecule has 0 spiro atoms. The van der Waals surface area contributed by atoms with Gasteiger partial charge < -0.3 is 4.90 Å². The minimum atomic E-state index is 0.500. The molecule has 2 rings (SSSR count). The maximum Gasteiger partial charge on any atom is 0.0306 e. The van der Waals surface area contributed by atoms with Crippen molar-refractivity contribution in [1.82, 2.24) is 9.80 Å². The summed E-state index contributed by atoms with van der Waals surface area (Å²) in [5.41, 5.74) is 0.500. The molecule has 0 radical (unpaired) electrons. The monoisotopic (exact) mass is 170 g/mol. The van der Waals surface area contributed by atoms with Crippen LogP contribution in [0.2, 0.25) is 0 Å². The zero-order valence-corrected chi connectivity index (χ0v) is 9.26. The highest BCUT2D eigenvalue weighted by Gasteiger charge is 2.48. The third kappa shape index (κ3) is 1.99. The quantitative estimate of drug-likeness (QED) is 0.507. The Kier molecular flexibility index (Phi) is 2.50. The van der Waals surface area contributed by atoms with E-state index in [9.17, 15) is 0 Å². The van der Waals surface area contributed by atoms with Gasteiger partial charge >= 0.3 is 0 Å². The van der Waals surface area contributed by atoms with E-state index in [1.807, 2.05) is 0 Å². The number of hydrogen-bond donors (Lipinski definition) is 0. The van der Waals surface area contributed by atoms with E-state index in [-0.39, 0.29) is 0 Å². The molecule has 0 N–H and O–H groups in total. The van der Waals surface area contributed by atoms with E-state index >= 15 is 0 Å². The van der Waals surface area contributed by atoms with E-state index in [0.29, 0.717) is 5.54 Å². The molecule has 72 valence electrons. The Morgan fingerprint density at radius 3 is 1.33 bits per heavy atom. The lowest BCUT2D eigenvalue weighted by Gasteiger charge is -1.94. The van der Waals surface area contributed by atoms with Gasteiger partial charge in [0.1, 0.15) is 0 Å². The first-order valence-electron chi connectivity index (χ1n) is 4.80. The van der Waals surface area contributed by atoms with Gasteiger partial charge in [-0.25, -0.2) is 0 Å². The van der Waals surface area contributed by atoms with Gasteiger partial charge in [0.15, 0.2) is 0 Å². The summed E-state index contributed by atoms with van der Waals surface area (Å²) in [7, 11) is 4.29. The number of nitrogens with zero attached hydrogens (tertiary/aromatic N) is 2. The first-order valence-corrected chi connectivity index (χ1v) is 4.80. The SMILES string of the molecule is CC1CN1C.CC1N(C)C1(C)C. The fraction of sp³-hybridized carbons (Fsp3) is 1.00. The van der Waals surface area contributed by atoms with Crippen LogP contribution in [0.3, 0.4) is 0 Å². The Morgan fingerprint density at radius 2 is 1.33 bits per heavy atom. The summed E-state index contributed by atoms with van der Waals surface area (Å²) in [6, 6.07) is 1.68. The second kappa shape index (κ2) is 3.00. The molecule has 12 heavy (non-hydrogen) atoms. The van der Waals surface area contributed by atoms with Crippen LogP contribution >= 0.6 is 0 Å². The van der Waals surface area contributed by atoms with Crippen molar-refractivity contribution in [3.05, 3.63) is 0 Å². The molecule has 0 aromatic heterocycles. The average Bonchev–Trinajstić information content (AvgIpc) is 2.72. The molecule has 2 aliphatic heterocycles. The normalized spacial score (nSPS) is 47.5. The van der Waals surface area contributed by atoms with Crippen molar-refractivity contribution in [2.45, 2.75) is 45.3 Å². The van der Waals surface area contributed by atoms with Crippen LogP contribution in [0.1, 0.15) is 27.7 Å². The molecule has 0 amide bonds. The Hall–Kier alpha value is -0.0800. The molecule has 2 aliphatic rings. The first kappa shape index (κ1) is 10.0. The van der Waals surface area contributed by atoms with Crippen molar-refractivity contribution in [2.75, 3.05) is 20.6 Å². The first-order chi connectivity index (χ1) is 5.37. The summed E-state index contributed by atoms with van der Waals surface area (Å²) in [6.45, 7) is 10.3. The van der Waals surface area contributed by atoms with E-state index in [1.165, 1.54) is 6.54 Å². The van der Waals surface area contributed by atoms with E-state index in [4.69, 9.17) is 0 Å². The van der Waals surface area contributed by atoms with Crippen LogP contribution < -0.4 is 0 Å². The van der Waals surface area contributed by atoms with Crippen LogP contribution in [0.25, 0.3) is 0 Å². The lowest BCUT2D eigenvalue weighted by atomic mass is 10.2. The topological polar surface area (TPSA) is 6.02 Å². The predicted molar refractivity (Wildman–Crippen MR) is 53.4 cm³/mol. The summed E-state index contributed by atoms with van der Waals surface area (Å²) in [6.07, 6.45) is 0. The lowest BCUT2D eigenvalue weighted by Crippen LogP contribution is -2.03. The summed E-state index contributed by atoms with van der Waals surface area (Å²) < 4.78 is 0. The Balaban J connectivity index is 0.000000127. The molecule has 2 nitrogen and oxygen atoms in total. The average molecular weight is 170 g/mol. The molecule has 0 aromatic rings. The van der Waals surface area contributed by atoms with Gasteiger partial charge in [0, 0.05) is 24.2 Å². The highest BCUT2D eigenvalue weighted by molar-refractivity contribution is 5.06. The van der Waals surface area contributed by atoms with Crippen LogP contribution in [-0.4, -0.2) is 48.1 Å². The molecule has 0 aromatic carbocycles. The molecule has 0 aliphatic carbocycles. The Morgan fingerprint density at radius 1 is 1.17 bits per heavy atom. The van der Waals surface area contributed by atoms with Crippen LogP contribution in [0.4, 0.5) is 0 Å². The Labute approximate surface area is 76.5 Å². The van der Waals surface area contributed by atoms with Crippen LogP contribution in [0, 0.1) is 0 Å². The van der Waals surface area contributed by atoms with Gasteiger partial charge in [-0.15, -0.1) is 0 Å². The minimum absolute atomic E-state index is 0.500. The van der Waals surface area contributed by atoms with Crippen molar-refractivity contribution < 1.29 is 0 Å². The highest BCUT2D eigenvalue weighted by Crippen LogP contribution is 2.36. The van der Waals surface area contributed by atoms with Crippen LogP contribution in [0.15, 0.2) is 0 Å². The standard InChI is InChI=1S/C6H13N.C4H9N/c1-5-6(2,3)7(5)4;1-4-3-5(4)2/h5H,1-4H3;4H,3H2,1-2H3. The lowest BCUT2D eigenvalue weighted by molar-refractivity contribution is 0.525. The van der Waals surface area contributed by atoms with Crippen molar-refractivity contribution in [1.29, 1.82) is 0 Å². The maximum absolute atomic E-state index is 2.35. The second-order valence-corrected chi connectivity index (χ2v) is 4.73. The zero-order valence-electron chi connectivity index (χ0n) is 9.26. The summed E-state index contributed by atoms with van der Waals surface area (Å²) in [5.74, 6) is 0. The van der Waals surface area contributed by atoms with E-state index in [0.717, 1.165) is 12.1 Å². The molecule has 2 heteroatoms. The van der Waals surface area contributed by atoms with Crippen molar-refractivity contribution in [3.8, 4) is 0 Å². The van der Waals surface area contributed by atoms with E-state index in [1.54, 1.807) is 0 Å². The fourth-order valence-electron chi connectivity index (χ4n) is 1.28. The van der Waals surface area contributed by atoms with Gasteiger partial charge in [-0.3, -0.25) is 4.90 Å². The molecule has 2 saturated heterocycles. The van der Waals surface area contributed by atoms with Crippen molar-refractivity contribution in [3.63, 3.8) is 0 Å². The third-order valence-electron chi connectivity index (χ3n) is 3.62. The molecule has 0 saturated carbocycles. The molecular formula is C10H22N2. The smallest absolute Gasteiger partial charge is 0.0306 e. The van der Waals surface area contributed by atoms with Crippen molar-refractivity contribution >= 4 is 0 Å². The molecule has 4 atom stereocenters. The summed E-state index contributed by atoms with van der Waals surface area (Å²) >= 11 is 0. The van der Waals surface area contributed by atoms with Gasteiger partial charge in [0.05, 0.1) is 0 Å². The molecule has 4 unspecified atom stereocenters. The second-order valence-electron chi connectivity index (χ2n) is 4.73. The van der Waals surface area contributed by atoms with E-state index < -0.39 is 0 Å². The van der Waals surface area contributed by atoms with Crippen molar-refractivity contribution in [2.24, 2.45) is 0 Å². The molecule has 2 fully saturated rings. The van der Waals surface area contributed by atoms with Crippen LogP contribution in [0.5, 0.6) is 0 Å². The Bertz CT molecular complexity index is 149. The van der Waals surface area contributed by atoms with Gasteiger partial charge in [0.25, 0.3) is 0 Å². The minimum Gasteiger partial charge on any atom is -0.301 e. The fourth-order valence-corrected chi connectivity index (χ4v) is 1.28. The largest absolute Gasteiger partial charge is 0.301 e. The highest BCUT2D eigenvalue weighted by atomic mass is 15.4. The van der Waals surface area contributed by atoms with Gasteiger partial charge in [-0.1, -0.05) is 0 Å². The summed E-state index contributed by atoms with van der Waals surface area (Å²) in [5, 5.41) is 0. The number of hydrogen-bond acceptors (Lipinski definition) is 2. The maximum atomic E-state index is 2.35. The molecular weight excluding hydrogens is 148 g/mol. The summed E-state index contributed by atoms with van der Waals surface area (Å²) in [4.78, 5) is 4.65. The zero-order chi connectivity index (χ0) is 9.52. The van der Waals surface area contributed by atoms with Gasteiger partial charge in [-0.2, -0.15) is 0 Å². The van der Waals surface area contributed by atoms with Gasteiger partial charge in [0.2, 0.25) is 0 Å². The predicted octanol–water partition coefficient (Wildman–Crippen LogP) is 1.42. The molecule has 2 heterocycles. The number of rotatable bonds is 0. The van der Waals surface area contributed by atoms with E-state index in [2.05, 4.69) is 51.6 Å². The van der Waals surface area contributed by atoms with Crippen LogP contribution in [-0.2, 0) is 0 Å². The molecule has 0 bridgehead atoms.